The van der Waals surface area contributed by atoms with Crippen LogP contribution in [0.25, 0.3) is 0 Å². The fourth-order valence-electron chi connectivity index (χ4n) is 7.72. The number of nitrogens with zero attached hydrogens (tertiary/aromatic N) is 1. The Balaban J connectivity index is 1.43. The highest BCUT2D eigenvalue weighted by atomic mass is 35.5. The lowest BCUT2D eigenvalue weighted by Gasteiger charge is -2.46. The van der Waals surface area contributed by atoms with Gasteiger partial charge in [0.1, 0.15) is 11.0 Å². The number of sulfonamides is 1. The van der Waals surface area contributed by atoms with Gasteiger partial charge in [0, 0.05) is 43.3 Å². The molecule has 0 radical (unpaired) electrons. The SMILES string of the molecule is COC[C@@H]1C[C@@H](C)/C=C\[C@H](OC)[C@@H]2CC[C@H]2CN2C[C@@]3(CCCc4cc(Cl)ccc43)COc3ccc(cc32)C(=O)NS1(=O)=O. The number of hydrogen-bond donors (Lipinski definition) is 1. The molecule has 2 aromatic carbocycles. The Morgan fingerprint density at radius 1 is 1.14 bits per heavy atom. The highest BCUT2D eigenvalue weighted by Gasteiger charge is 2.44. The molecule has 6 atom stereocenters. The molecule has 1 saturated carbocycles. The van der Waals surface area contributed by atoms with Crippen molar-refractivity contribution in [1.29, 1.82) is 0 Å². The van der Waals surface area contributed by atoms with Gasteiger partial charge in [0.25, 0.3) is 5.91 Å². The van der Waals surface area contributed by atoms with Crippen LogP contribution in [0.4, 0.5) is 5.69 Å². The molecule has 0 aromatic heterocycles. The molecule has 6 rings (SSSR count). The van der Waals surface area contributed by atoms with Crippen molar-refractivity contribution in [2.24, 2.45) is 17.8 Å². The predicted molar refractivity (Wildman–Crippen MR) is 172 cm³/mol. The van der Waals surface area contributed by atoms with Crippen molar-refractivity contribution in [3.05, 3.63) is 70.3 Å². The number of nitrogens with one attached hydrogen (secondary N) is 1. The largest absolute Gasteiger partial charge is 0.490 e. The van der Waals surface area contributed by atoms with E-state index in [9.17, 15) is 13.2 Å². The predicted octanol–water partition coefficient (Wildman–Crippen LogP) is 5.52. The van der Waals surface area contributed by atoms with Crippen LogP contribution in [0.2, 0.25) is 5.02 Å². The van der Waals surface area contributed by atoms with Gasteiger partial charge >= 0.3 is 0 Å². The zero-order valence-corrected chi connectivity index (χ0v) is 27.3. The summed E-state index contributed by atoms with van der Waals surface area (Å²) in [6.07, 6.45) is 9.56. The van der Waals surface area contributed by atoms with Gasteiger partial charge in [0.2, 0.25) is 10.0 Å². The first-order valence-corrected chi connectivity index (χ1v) is 17.6. The highest BCUT2D eigenvalue weighted by molar-refractivity contribution is 7.90. The number of hydrogen-bond acceptors (Lipinski definition) is 7. The molecule has 2 aliphatic heterocycles. The van der Waals surface area contributed by atoms with Gasteiger partial charge in [-0.05, 0) is 97.7 Å². The van der Waals surface area contributed by atoms with Crippen LogP contribution in [0, 0.1) is 17.8 Å². The number of amides is 1. The van der Waals surface area contributed by atoms with E-state index in [4.69, 9.17) is 25.8 Å². The molecule has 44 heavy (non-hydrogen) atoms. The van der Waals surface area contributed by atoms with Crippen molar-refractivity contribution in [3.63, 3.8) is 0 Å². The summed E-state index contributed by atoms with van der Waals surface area (Å²) in [4.78, 5) is 15.9. The van der Waals surface area contributed by atoms with E-state index in [1.807, 2.05) is 19.1 Å². The van der Waals surface area contributed by atoms with Crippen molar-refractivity contribution in [2.45, 2.75) is 62.2 Å². The molecule has 1 N–H and O–H groups in total. The maximum Gasteiger partial charge on any atom is 0.264 e. The number of rotatable bonds is 3. The van der Waals surface area contributed by atoms with Crippen molar-refractivity contribution < 1.29 is 27.4 Å². The third-order valence-corrected chi connectivity index (χ3v) is 12.1. The molecule has 2 bridgehead atoms. The number of halogens is 1. The van der Waals surface area contributed by atoms with Gasteiger partial charge in [-0.15, -0.1) is 0 Å². The smallest absolute Gasteiger partial charge is 0.264 e. The van der Waals surface area contributed by atoms with Crippen molar-refractivity contribution in [1.82, 2.24) is 4.72 Å². The van der Waals surface area contributed by atoms with E-state index in [2.05, 4.69) is 33.9 Å². The number of benzene rings is 2. The molecule has 2 aliphatic carbocycles. The van der Waals surface area contributed by atoms with Crippen LogP contribution < -0.4 is 14.4 Å². The molecule has 1 spiro atoms. The molecule has 2 aromatic rings. The summed E-state index contributed by atoms with van der Waals surface area (Å²) in [5.74, 6) is 0.722. The molecule has 0 unspecified atom stereocenters. The number of ether oxygens (including phenoxy) is 3. The quantitative estimate of drug-likeness (QED) is 0.441. The Morgan fingerprint density at radius 3 is 2.73 bits per heavy atom. The maximum atomic E-state index is 13.5. The fourth-order valence-corrected chi connectivity index (χ4v) is 9.33. The zero-order chi connectivity index (χ0) is 31.1. The number of carbonyl (C=O) groups is 1. The van der Waals surface area contributed by atoms with Crippen LogP contribution in [0.3, 0.4) is 0 Å². The van der Waals surface area contributed by atoms with E-state index in [1.54, 1.807) is 19.2 Å². The van der Waals surface area contributed by atoms with Crippen molar-refractivity contribution >= 4 is 33.2 Å². The summed E-state index contributed by atoms with van der Waals surface area (Å²) in [7, 11) is -0.792. The second-order valence-electron chi connectivity index (χ2n) is 13.1. The van der Waals surface area contributed by atoms with E-state index < -0.39 is 21.2 Å². The first-order valence-electron chi connectivity index (χ1n) is 15.7. The Labute approximate surface area is 266 Å². The lowest BCUT2D eigenvalue weighted by atomic mass is 9.68. The second kappa shape index (κ2) is 12.7. The first-order chi connectivity index (χ1) is 21.1. The third-order valence-electron chi connectivity index (χ3n) is 10.2. The fraction of sp³-hybridized carbons (Fsp3) is 0.559. The van der Waals surface area contributed by atoms with Crippen molar-refractivity contribution in [2.75, 3.05) is 45.4 Å². The average Bonchev–Trinajstić information content (AvgIpc) is 3.13. The number of anilines is 1. The number of methoxy groups -OCH3 is 2. The minimum absolute atomic E-state index is 0.0141. The minimum Gasteiger partial charge on any atom is -0.490 e. The van der Waals surface area contributed by atoms with E-state index in [0.717, 1.165) is 55.9 Å². The molecule has 238 valence electrons. The number of fused-ring (bicyclic) bond motifs is 4. The molecular weight excluding hydrogens is 600 g/mol. The van der Waals surface area contributed by atoms with Gasteiger partial charge in [-0.25, -0.2) is 13.1 Å². The normalized spacial score (nSPS) is 32.3. The van der Waals surface area contributed by atoms with Crippen LogP contribution in [-0.4, -0.2) is 66.2 Å². The summed E-state index contributed by atoms with van der Waals surface area (Å²) in [6.45, 7) is 4.00. The molecule has 2 heterocycles. The van der Waals surface area contributed by atoms with Gasteiger partial charge < -0.3 is 19.1 Å². The summed E-state index contributed by atoms with van der Waals surface area (Å²) in [5, 5.41) is -0.144. The molecule has 10 heteroatoms. The summed E-state index contributed by atoms with van der Waals surface area (Å²) in [6, 6.07) is 11.5. The number of aryl methyl sites for hydroxylation is 1. The Kier molecular flexibility index (Phi) is 9.03. The minimum atomic E-state index is -4.02. The van der Waals surface area contributed by atoms with E-state index in [0.29, 0.717) is 30.6 Å². The van der Waals surface area contributed by atoms with Gasteiger partial charge in [-0.2, -0.15) is 0 Å². The molecule has 8 nitrogen and oxygen atoms in total. The van der Waals surface area contributed by atoms with Crippen molar-refractivity contribution in [3.8, 4) is 5.75 Å². The Hall–Kier alpha value is -2.59. The first kappa shape index (κ1) is 31.4. The van der Waals surface area contributed by atoms with Gasteiger partial charge in [-0.1, -0.05) is 36.7 Å². The number of carbonyl (C=O) groups excluding carboxylic acids is 1. The van der Waals surface area contributed by atoms with E-state index in [-0.39, 0.29) is 29.6 Å². The highest BCUT2D eigenvalue weighted by Crippen LogP contribution is 2.47. The van der Waals surface area contributed by atoms with Gasteiger partial charge in [0.05, 0.1) is 25.0 Å². The summed E-state index contributed by atoms with van der Waals surface area (Å²) >= 11 is 6.41. The summed E-state index contributed by atoms with van der Waals surface area (Å²) < 4.78 is 47.1. The van der Waals surface area contributed by atoms with Crippen LogP contribution in [0.15, 0.2) is 48.6 Å². The van der Waals surface area contributed by atoms with Crippen LogP contribution >= 0.6 is 11.6 Å². The zero-order valence-electron chi connectivity index (χ0n) is 25.8. The van der Waals surface area contributed by atoms with E-state index in [1.165, 1.54) is 18.2 Å². The maximum absolute atomic E-state index is 13.5. The van der Waals surface area contributed by atoms with Crippen LogP contribution in [0.1, 0.15) is 60.5 Å². The van der Waals surface area contributed by atoms with Crippen LogP contribution in [0.5, 0.6) is 5.75 Å². The lowest BCUT2D eigenvalue weighted by Crippen LogP contribution is -2.49. The summed E-state index contributed by atoms with van der Waals surface area (Å²) in [5.41, 5.74) is 3.40. The lowest BCUT2D eigenvalue weighted by molar-refractivity contribution is 0.0130. The molecule has 0 saturated heterocycles. The average molecular weight is 643 g/mol. The van der Waals surface area contributed by atoms with Gasteiger partial charge in [0.15, 0.2) is 0 Å². The topological polar surface area (TPSA) is 94.2 Å². The molecular formula is C34H43ClN2O6S. The van der Waals surface area contributed by atoms with E-state index >= 15 is 0 Å². The Bertz CT molecular complexity index is 1530. The monoisotopic (exact) mass is 642 g/mol. The van der Waals surface area contributed by atoms with Gasteiger partial charge in [-0.3, -0.25) is 4.79 Å². The number of allylic oxidation sites excluding steroid dienone is 1. The van der Waals surface area contributed by atoms with Crippen LogP contribution in [-0.2, 0) is 31.3 Å². The molecule has 1 amide bonds. The third kappa shape index (κ3) is 6.13. The second-order valence-corrected chi connectivity index (χ2v) is 15.5. The standard InChI is InChI=1S/C34H43ClN2O6S/c1-22-6-12-31(42-3)28-10-7-25(28)18-37-20-34(14-4-5-23-16-26(35)9-11-29(23)34)21-43-32-13-8-24(17-30(32)37)33(38)36-44(39,40)27(15-22)19-41-2/h6,8-9,11-13,16-17,22,25,27-28,31H,4-5,7,10,14-15,18-21H2,1-3H3,(H,36,38)/b12-6-/t22-,25-,27-,28+,31-,34-/m0/s1. The Morgan fingerprint density at radius 2 is 1.98 bits per heavy atom. The molecule has 4 aliphatic rings. The molecule has 1 fully saturated rings.